The summed E-state index contributed by atoms with van der Waals surface area (Å²) in [6.07, 6.45) is 21.6. The number of hydrogen-bond donors (Lipinski definition) is 0. The smallest absolute Gasteiger partial charge is 0.0178 e. The van der Waals surface area contributed by atoms with E-state index in [1.807, 2.05) is 0 Å². The Labute approximate surface area is 179 Å². The molecular formula is C29H42. The maximum Gasteiger partial charge on any atom is -0.0178 e. The highest BCUT2D eigenvalue weighted by atomic mass is 14.2. The first-order valence-corrected chi connectivity index (χ1v) is 12.5. The fourth-order valence-corrected chi connectivity index (χ4v) is 4.86. The number of aryl methyl sites for hydroxylation is 1. The molecule has 1 aliphatic carbocycles. The van der Waals surface area contributed by atoms with Crippen molar-refractivity contribution in [2.24, 2.45) is 5.92 Å². The van der Waals surface area contributed by atoms with Gasteiger partial charge in [-0.15, -0.1) is 0 Å². The standard InChI is InChI=1S/C29H42/c1-3-5-7-8-9-11-12-24-14-17-26(18-15-24)28-21-20-27-22-25(13-10-6-4-2)16-19-29(27)23-28/h16-17,19-24H,3-15,18H2,1-2H3. The zero-order valence-corrected chi connectivity index (χ0v) is 19.0. The molecule has 0 radical (unpaired) electrons. The van der Waals surface area contributed by atoms with Crippen LogP contribution in [0.15, 0.2) is 42.5 Å². The molecule has 0 bridgehead atoms. The Balaban J connectivity index is 1.51. The lowest BCUT2D eigenvalue weighted by molar-refractivity contribution is 0.423. The molecule has 0 amide bonds. The van der Waals surface area contributed by atoms with E-state index < -0.39 is 0 Å². The van der Waals surface area contributed by atoms with Gasteiger partial charge in [0.1, 0.15) is 0 Å². The summed E-state index contributed by atoms with van der Waals surface area (Å²) >= 11 is 0. The molecule has 0 nitrogen and oxygen atoms in total. The van der Waals surface area contributed by atoms with E-state index in [1.54, 1.807) is 5.57 Å². The van der Waals surface area contributed by atoms with Gasteiger partial charge in [0.15, 0.2) is 0 Å². The summed E-state index contributed by atoms with van der Waals surface area (Å²) < 4.78 is 0. The second-order valence-electron chi connectivity index (χ2n) is 9.28. The minimum Gasteiger partial charge on any atom is -0.0804 e. The number of allylic oxidation sites excluding steroid dienone is 2. The van der Waals surface area contributed by atoms with Gasteiger partial charge in [0, 0.05) is 0 Å². The van der Waals surface area contributed by atoms with Crippen LogP contribution in [0.3, 0.4) is 0 Å². The van der Waals surface area contributed by atoms with E-state index in [-0.39, 0.29) is 0 Å². The van der Waals surface area contributed by atoms with Gasteiger partial charge in [-0.3, -0.25) is 0 Å². The second kappa shape index (κ2) is 12.2. The molecule has 0 saturated heterocycles. The lowest BCUT2D eigenvalue weighted by atomic mass is 9.83. The largest absolute Gasteiger partial charge is 0.0804 e. The van der Waals surface area contributed by atoms with Crippen LogP contribution in [0.5, 0.6) is 0 Å². The van der Waals surface area contributed by atoms with Crippen molar-refractivity contribution in [2.75, 3.05) is 0 Å². The molecule has 0 saturated carbocycles. The van der Waals surface area contributed by atoms with Crippen LogP contribution in [-0.2, 0) is 6.42 Å². The number of hydrogen-bond acceptors (Lipinski definition) is 0. The van der Waals surface area contributed by atoms with Gasteiger partial charge in [0.05, 0.1) is 0 Å². The molecule has 0 spiro atoms. The Morgan fingerprint density at radius 1 is 0.759 bits per heavy atom. The van der Waals surface area contributed by atoms with Gasteiger partial charge in [-0.05, 0) is 71.6 Å². The molecule has 2 aromatic rings. The van der Waals surface area contributed by atoms with E-state index in [1.165, 1.54) is 112 Å². The van der Waals surface area contributed by atoms with Crippen molar-refractivity contribution >= 4 is 16.3 Å². The third kappa shape index (κ3) is 7.02. The Hall–Kier alpha value is -1.56. The number of unbranched alkanes of at least 4 members (excludes halogenated alkanes) is 7. The highest BCUT2D eigenvalue weighted by Crippen LogP contribution is 2.34. The summed E-state index contributed by atoms with van der Waals surface area (Å²) in [7, 11) is 0. The average Bonchev–Trinajstić information content (AvgIpc) is 2.76. The quantitative estimate of drug-likeness (QED) is 0.316. The second-order valence-corrected chi connectivity index (χ2v) is 9.28. The molecule has 1 atom stereocenters. The molecule has 0 fully saturated rings. The van der Waals surface area contributed by atoms with Gasteiger partial charge in [0.25, 0.3) is 0 Å². The van der Waals surface area contributed by atoms with Crippen molar-refractivity contribution in [1.29, 1.82) is 0 Å². The van der Waals surface area contributed by atoms with Gasteiger partial charge in [-0.1, -0.05) is 108 Å². The Morgan fingerprint density at radius 2 is 1.48 bits per heavy atom. The fraction of sp³-hybridized carbons (Fsp3) is 0.586. The molecule has 0 heteroatoms. The van der Waals surface area contributed by atoms with Crippen LogP contribution in [0.2, 0.25) is 0 Å². The normalized spacial score (nSPS) is 16.9. The minimum atomic E-state index is 0.927. The highest BCUT2D eigenvalue weighted by Gasteiger charge is 2.15. The van der Waals surface area contributed by atoms with Crippen LogP contribution in [0.4, 0.5) is 0 Å². The molecule has 1 unspecified atom stereocenters. The third-order valence-corrected chi connectivity index (χ3v) is 6.83. The number of fused-ring (bicyclic) bond motifs is 1. The molecule has 2 aromatic carbocycles. The predicted molar refractivity (Wildman–Crippen MR) is 130 cm³/mol. The first-order valence-electron chi connectivity index (χ1n) is 12.5. The maximum absolute atomic E-state index is 2.55. The molecule has 0 aliphatic heterocycles. The molecule has 0 heterocycles. The van der Waals surface area contributed by atoms with Crippen molar-refractivity contribution in [3.05, 3.63) is 53.6 Å². The number of benzene rings is 2. The van der Waals surface area contributed by atoms with Crippen molar-refractivity contribution < 1.29 is 0 Å². The lowest BCUT2D eigenvalue weighted by Crippen LogP contribution is -2.05. The van der Waals surface area contributed by atoms with Crippen molar-refractivity contribution in [3.8, 4) is 0 Å². The first-order chi connectivity index (χ1) is 14.3. The zero-order chi connectivity index (χ0) is 20.3. The zero-order valence-electron chi connectivity index (χ0n) is 19.0. The average molecular weight is 391 g/mol. The molecule has 0 N–H and O–H groups in total. The van der Waals surface area contributed by atoms with Crippen LogP contribution in [0.25, 0.3) is 16.3 Å². The van der Waals surface area contributed by atoms with Crippen molar-refractivity contribution in [2.45, 2.75) is 104 Å². The molecule has 1 aliphatic rings. The molecule has 158 valence electrons. The van der Waals surface area contributed by atoms with Crippen LogP contribution >= 0.6 is 0 Å². The lowest BCUT2D eigenvalue weighted by Gasteiger charge is -2.22. The van der Waals surface area contributed by atoms with E-state index in [9.17, 15) is 0 Å². The maximum atomic E-state index is 2.55. The molecular weight excluding hydrogens is 348 g/mol. The molecule has 29 heavy (non-hydrogen) atoms. The summed E-state index contributed by atoms with van der Waals surface area (Å²) in [5.74, 6) is 0.927. The van der Waals surface area contributed by atoms with E-state index in [0.29, 0.717) is 0 Å². The summed E-state index contributed by atoms with van der Waals surface area (Å²) in [5, 5.41) is 2.80. The van der Waals surface area contributed by atoms with Crippen LogP contribution < -0.4 is 0 Å². The predicted octanol–water partition coefficient (Wildman–Crippen LogP) is 9.51. The van der Waals surface area contributed by atoms with Gasteiger partial charge in [-0.25, -0.2) is 0 Å². The van der Waals surface area contributed by atoms with Gasteiger partial charge < -0.3 is 0 Å². The number of rotatable bonds is 12. The fourth-order valence-electron chi connectivity index (χ4n) is 4.86. The Bertz CT molecular complexity index is 767. The topological polar surface area (TPSA) is 0 Å². The SMILES string of the molecule is CCCCCCCCC1CC=C(c2ccc3cc(CCCCC)ccc3c2)CC1. The van der Waals surface area contributed by atoms with E-state index in [2.05, 4.69) is 56.3 Å². The van der Waals surface area contributed by atoms with E-state index >= 15 is 0 Å². The first kappa shape index (κ1) is 22.1. The Kier molecular flexibility index (Phi) is 9.32. The minimum absolute atomic E-state index is 0.927. The van der Waals surface area contributed by atoms with E-state index in [4.69, 9.17) is 0 Å². The Morgan fingerprint density at radius 3 is 2.28 bits per heavy atom. The van der Waals surface area contributed by atoms with Crippen LogP contribution in [0, 0.1) is 5.92 Å². The van der Waals surface area contributed by atoms with Crippen LogP contribution in [0.1, 0.15) is 108 Å². The summed E-state index contributed by atoms with van der Waals surface area (Å²) in [4.78, 5) is 0. The summed E-state index contributed by atoms with van der Waals surface area (Å²) in [6, 6.07) is 14.2. The van der Waals surface area contributed by atoms with Crippen molar-refractivity contribution in [3.63, 3.8) is 0 Å². The molecule has 3 rings (SSSR count). The highest BCUT2D eigenvalue weighted by molar-refractivity contribution is 5.87. The van der Waals surface area contributed by atoms with Crippen molar-refractivity contribution in [1.82, 2.24) is 0 Å². The van der Waals surface area contributed by atoms with Gasteiger partial charge in [0.2, 0.25) is 0 Å². The summed E-state index contributed by atoms with van der Waals surface area (Å²) in [5.41, 5.74) is 4.53. The van der Waals surface area contributed by atoms with Gasteiger partial charge >= 0.3 is 0 Å². The third-order valence-electron chi connectivity index (χ3n) is 6.83. The summed E-state index contributed by atoms with van der Waals surface area (Å²) in [6.45, 7) is 4.58. The van der Waals surface area contributed by atoms with E-state index in [0.717, 1.165) is 5.92 Å². The van der Waals surface area contributed by atoms with Crippen LogP contribution in [-0.4, -0.2) is 0 Å². The van der Waals surface area contributed by atoms with Gasteiger partial charge in [-0.2, -0.15) is 0 Å². The molecule has 0 aromatic heterocycles. The monoisotopic (exact) mass is 390 g/mol.